The highest BCUT2D eigenvalue weighted by atomic mass is 35.5. The van der Waals surface area contributed by atoms with Crippen LogP contribution in [0.4, 0.5) is 22.1 Å². The smallest absolute Gasteiger partial charge is 0.329 e. The van der Waals surface area contributed by atoms with Gasteiger partial charge >= 0.3 is 6.03 Å². The summed E-state index contributed by atoms with van der Waals surface area (Å²) in [6, 6.07) is 13.1. The number of aromatic nitrogens is 3. The zero-order valence-electron chi connectivity index (χ0n) is 14.9. The molecule has 7 nitrogen and oxygen atoms in total. The first-order chi connectivity index (χ1) is 13.7. The van der Waals surface area contributed by atoms with Gasteiger partial charge in [-0.25, -0.2) is 19.7 Å². The molecule has 0 unspecified atom stereocenters. The van der Waals surface area contributed by atoms with Crippen LogP contribution in [-0.4, -0.2) is 40.1 Å². The van der Waals surface area contributed by atoms with E-state index in [1.54, 1.807) is 17.2 Å². The van der Waals surface area contributed by atoms with Crippen molar-refractivity contribution >= 4 is 35.0 Å². The summed E-state index contributed by atoms with van der Waals surface area (Å²) in [4.78, 5) is 30.0. The summed E-state index contributed by atoms with van der Waals surface area (Å²) in [5, 5.41) is 3.51. The summed E-state index contributed by atoms with van der Waals surface area (Å²) in [7, 11) is 0. The van der Waals surface area contributed by atoms with E-state index in [2.05, 4.69) is 20.2 Å². The predicted octanol–water partition coefficient (Wildman–Crippen LogP) is 3.82. The van der Waals surface area contributed by atoms with E-state index in [-0.39, 0.29) is 12.1 Å². The van der Waals surface area contributed by atoms with Gasteiger partial charge in [0.25, 0.3) is 0 Å². The lowest BCUT2D eigenvalue weighted by molar-refractivity contribution is 0.254. The van der Waals surface area contributed by atoms with Crippen LogP contribution < -0.4 is 15.1 Å². The number of hydrogen-bond donors (Lipinski definition) is 1. The van der Waals surface area contributed by atoms with Gasteiger partial charge in [0.2, 0.25) is 0 Å². The van der Waals surface area contributed by atoms with Crippen molar-refractivity contribution in [2.45, 2.75) is 12.5 Å². The Balaban J connectivity index is 1.54. The van der Waals surface area contributed by atoms with E-state index >= 15 is 0 Å². The Morgan fingerprint density at radius 2 is 2.14 bits per heavy atom. The molecular weight excluding hydrogens is 376 g/mol. The molecule has 2 amide bonds. The van der Waals surface area contributed by atoms with Gasteiger partial charge in [0.15, 0.2) is 5.82 Å². The molecule has 2 aliphatic heterocycles. The SMILES string of the molecule is O=C(Nc1ccncn1)N1c2nc(-c3cccc(Cl)c3)ccc2N2CC[C@H]1C2. The Labute approximate surface area is 167 Å². The lowest BCUT2D eigenvalue weighted by Crippen LogP contribution is -2.48. The molecule has 3 aromatic rings. The summed E-state index contributed by atoms with van der Waals surface area (Å²) >= 11 is 6.14. The third-order valence-electron chi connectivity index (χ3n) is 5.11. The highest BCUT2D eigenvalue weighted by Gasteiger charge is 2.40. The fourth-order valence-electron chi connectivity index (χ4n) is 3.81. The van der Waals surface area contributed by atoms with Gasteiger partial charge < -0.3 is 4.90 Å². The van der Waals surface area contributed by atoms with Gasteiger partial charge in [-0.2, -0.15) is 0 Å². The van der Waals surface area contributed by atoms with Crippen LogP contribution in [0.1, 0.15) is 6.42 Å². The van der Waals surface area contributed by atoms with Gasteiger partial charge in [0, 0.05) is 29.9 Å². The Morgan fingerprint density at radius 1 is 1.21 bits per heavy atom. The van der Waals surface area contributed by atoms with Gasteiger partial charge in [0.1, 0.15) is 12.1 Å². The maximum absolute atomic E-state index is 13.1. The summed E-state index contributed by atoms with van der Waals surface area (Å²) in [6.07, 6.45) is 3.91. The molecule has 0 saturated carbocycles. The number of halogens is 1. The van der Waals surface area contributed by atoms with Gasteiger partial charge in [0.05, 0.1) is 17.4 Å². The standard InChI is InChI=1S/C20H17ClN6O/c21-14-3-1-2-13(10-14)16-4-5-17-19(24-16)27(15-7-9-26(17)11-15)20(28)25-18-6-8-22-12-23-18/h1-6,8,10,12,15H,7,9,11H2,(H,22,23,25,28)/t15-/m0/s1. The number of carbonyl (C=O) groups is 1. The first-order valence-electron chi connectivity index (χ1n) is 9.07. The molecule has 28 heavy (non-hydrogen) atoms. The van der Waals surface area contributed by atoms with Crippen LogP contribution in [0, 0.1) is 0 Å². The van der Waals surface area contributed by atoms with Gasteiger partial charge in [-0.1, -0.05) is 23.7 Å². The van der Waals surface area contributed by atoms with Gasteiger partial charge in [-0.3, -0.25) is 10.2 Å². The van der Waals surface area contributed by atoms with E-state index in [0.717, 1.165) is 36.5 Å². The van der Waals surface area contributed by atoms with Crippen molar-refractivity contribution in [2.75, 3.05) is 28.2 Å². The number of carbonyl (C=O) groups excluding carboxylic acids is 1. The van der Waals surface area contributed by atoms with E-state index in [4.69, 9.17) is 16.6 Å². The Hall–Kier alpha value is -3.19. The molecule has 2 aliphatic rings. The van der Waals surface area contributed by atoms with Crippen LogP contribution in [0.2, 0.25) is 5.02 Å². The Kier molecular flexibility index (Phi) is 4.09. The number of nitrogens with one attached hydrogen (secondary N) is 1. The summed E-state index contributed by atoms with van der Waals surface area (Å²) in [6.45, 7) is 1.72. The number of nitrogens with zero attached hydrogens (tertiary/aromatic N) is 5. The zero-order chi connectivity index (χ0) is 19.1. The summed E-state index contributed by atoms with van der Waals surface area (Å²) < 4.78 is 0. The zero-order valence-corrected chi connectivity index (χ0v) is 15.7. The molecule has 8 heteroatoms. The first kappa shape index (κ1) is 16.9. The summed E-state index contributed by atoms with van der Waals surface area (Å²) in [5.41, 5.74) is 2.67. The van der Waals surface area contributed by atoms with E-state index in [1.807, 2.05) is 36.4 Å². The number of anilines is 3. The highest BCUT2D eigenvalue weighted by Crippen LogP contribution is 2.40. The third kappa shape index (κ3) is 2.93. The number of hydrogen-bond acceptors (Lipinski definition) is 5. The van der Waals surface area contributed by atoms with Crippen LogP contribution in [0.5, 0.6) is 0 Å². The lowest BCUT2D eigenvalue weighted by Gasteiger charge is -2.35. The molecule has 0 aliphatic carbocycles. The van der Waals surface area contributed by atoms with Crippen molar-refractivity contribution in [3.05, 3.63) is 60.0 Å². The fraction of sp³-hybridized carbons (Fsp3) is 0.200. The number of amides is 2. The number of pyridine rings is 1. The van der Waals surface area contributed by atoms with Crippen LogP contribution in [0.25, 0.3) is 11.3 Å². The van der Waals surface area contributed by atoms with Gasteiger partial charge in [-0.15, -0.1) is 0 Å². The van der Waals surface area contributed by atoms with Gasteiger partial charge in [-0.05, 0) is 36.8 Å². The molecule has 0 radical (unpaired) electrons. The lowest BCUT2D eigenvalue weighted by atomic mass is 10.1. The molecule has 5 rings (SSSR count). The molecule has 1 N–H and O–H groups in total. The van der Waals surface area contributed by atoms with Crippen molar-refractivity contribution in [2.24, 2.45) is 0 Å². The normalized spacial score (nSPS) is 17.4. The molecule has 2 bridgehead atoms. The molecule has 1 fully saturated rings. The van der Waals surface area contributed by atoms with Crippen molar-refractivity contribution in [3.63, 3.8) is 0 Å². The molecule has 1 saturated heterocycles. The molecule has 0 spiro atoms. The number of rotatable bonds is 2. The van der Waals surface area contributed by atoms with Crippen LogP contribution in [-0.2, 0) is 0 Å². The largest absolute Gasteiger partial charge is 0.366 e. The number of fused-ring (bicyclic) bond motifs is 4. The minimum Gasteiger partial charge on any atom is -0.366 e. The third-order valence-corrected chi connectivity index (χ3v) is 5.34. The monoisotopic (exact) mass is 392 g/mol. The van der Waals surface area contributed by atoms with Crippen molar-refractivity contribution in [3.8, 4) is 11.3 Å². The average molecular weight is 393 g/mol. The van der Waals surface area contributed by atoms with Crippen LogP contribution in [0.3, 0.4) is 0 Å². The highest BCUT2D eigenvalue weighted by molar-refractivity contribution is 6.30. The van der Waals surface area contributed by atoms with E-state index in [0.29, 0.717) is 16.7 Å². The van der Waals surface area contributed by atoms with E-state index < -0.39 is 0 Å². The summed E-state index contributed by atoms with van der Waals surface area (Å²) in [5.74, 6) is 1.13. The first-order valence-corrected chi connectivity index (χ1v) is 9.45. The van der Waals surface area contributed by atoms with E-state index in [9.17, 15) is 4.79 Å². The topological polar surface area (TPSA) is 74.2 Å². The van der Waals surface area contributed by atoms with E-state index in [1.165, 1.54) is 6.33 Å². The maximum atomic E-state index is 13.1. The minimum absolute atomic E-state index is 0.0800. The van der Waals surface area contributed by atoms with Crippen molar-refractivity contribution < 1.29 is 4.79 Å². The molecular formula is C20H17ClN6O. The van der Waals surface area contributed by atoms with Crippen LogP contribution >= 0.6 is 11.6 Å². The van der Waals surface area contributed by atoms with Crippen LogP contribution in [0.15, 0.2) is 55.0 Å². The van der Waals surface area contributed by atoms with Crippen molar-refractivity contribution in [1.82, 2.24) is 15.0 Å². The fourth-order valence-corrected chi connectivity index (χ4v) is 4.00. The Morgan fingerprint density at radius 3 is 2.96 bits per heavy atom. The minimum atomic E-state index is -0.234. The molecule has 140 valence electrons. The second-order valence-electron chi connectivity index (χ2n) is 6.83. The molecule has 1 atom stereocenters. The number of urea groups is 1. The maximum Gasteiger partial charge on any atom is 0.329 e. The average Bonchev–Trinajstić information content (AvgIpc) is 3.13. The molecule has 4 heterocycles. The van der Waals surface area contributed by atoms with Crippen molar-refractivity contribution in [1.29, 1.82) is 0 Å². The predicted molar refractivity (Wildman–Crippen MR) is 109 cm³/mol. The second kappa shape index (κ2) is 6.76. The second-order valence-corrected chi connectivity index (χ2v) is 7.27. The molecule has 1 aromatic carbocycles. The Bertz CT molecular complexity index is 1040. The quantitative estimate of drug-likeness (QED) is 0.717. The number of benzene rings is 1. The molecule has 2 aromatic heterocycles.